The van der Waals surface area contributed by atoms with Gasteiger partial charge in [-0.25, -0.2) is 0 Å². The van der Waals surface area contributed by atoms with Gasteiger partial charge < -0.3 is 9.47 Å². The van der Waals surface area contributed by atoms with Crippen LogP contribution in [0.15, 0.2) is 109 Å². The summed E-state index contributed by atoms with van der Waals surface area (Å²) < 4.78 is 13.4. The van der Waals surface area contributed by atoms with Crippen LogP contribution < -0.4 is 0 Å². The van der Waals surface area contributed by atoms with Crippen molar-refractivity contribution >= 4 is 43.1 Å². The Morgan fingerprint density at radius 2 is 0.810 bits per heavy atom. The van der Waals surface area contributed by atoms with Crippen molar-refractivity contribution in [2.75, 3.05) is 0 Å². The Bertz CT molecular complexity index is 1540. The zero-order chi connectivity index (χ0) is 28.6. The molecular weight excluding hydrogens is 512 g/mol. The molecule has 0 saturated heterocycles. The summed E-state index contributed by atoms with van der Waals surface area (Å²) in [5, 5.41) is 10.0. The minimum atomic E-state index is -0.267. The minimum absolute atomic E-state index is 0.267. The van der Waals surface area contributed by atoms with E-state index in [0.29, 0.717) is 13.2 Å². The van der Waals surface area contributed by atoms with Crippen molar-refractivity contribution < 1.29 is 9.47 Å². The molecule has 0 unspecified atom stereocenters. The van der Waals surface area contributed by atoms with Crippen molar-refractivity contribution in [2.24, 2.45) is 0 Å². The van der Waals surface area contributed by atoms with Gasteiger partial charge >= 0.3 is 0 Å². The lowest BCUT2D eigenvalue weighted by Crippen LogP contribution is -2.18. The van der Waals surface area contributed by atoms with Gasteiger partial charge in [0.05, 0.1) is 13.2 Å². The van der Waals surface area contributed by atoms with Crippen LogP contribution in [0.5, 0.6) is 0 Å². The molecule has 0 aliphatic rings. The lowest BCUT2D eigenvalue weighted by molar-refractivity contribution is -0.159. The van der Waals surface area contributed by atoms with Crippen molar-refractivity contribution in [1.29, 1.82) is 0 Å². The van der Waals surface area contributed by atoms with Crippen molar-refractivity contribution in [2.45, 2.75) is 77.8 Å². The first-order valence-electron chi connectivity index (χ1n) is 15.8. The van der Waals surface area contributed by atoms with E-state index in [1.54, 1.807) is 0 Å². The molecule has 0 heterocycles. The fraction of sp³-hybridized carbons (Fsp3) is 0.300. The molecule has 0 atom stereocenters. The summed E-state index contributed by atoms with van der Waals surface area (Å²) in [5.41, 5.74) is 2.49. The summed E-state index contributed by atoms with van der Waals surface area (Å²) in [4.78, 5) is 0. The van der Waals surface area contributed by atoms with Crippen LogP contribution in [0, 0.1) is 0 Å². The van der Waals surface area contributed by atoms with Crippen LogP contribution in [-0.4, -0.2) is 6.29 Å². The topological polar surface area (TPSA) is 18.5 Å². The first-order valence-corrected chi connectivity index (χ1v) is 15.8. The van der Waals surface area contributed by atoms with E-state index < -0.39 is 0 Å². The van der Waals surface area contributed by atoms with Gasteiger partial charge in [-0.2, -0.15) is 0 Å². The molecule has 0 amide bonds. The van der Waals surface area contributed by atoms with Crippen LogP contribution in [0.2, 0.25) is 0 Å². The zero-order valence-electron chi connectivity index (χ0n) is 24.9. The van der Waals surface area contributed by atoms with Crippen LogP contribution in [0.4, 0.5) is 0 Å². The fourth-order valence-corrected chi connectivity index (χ4v) is 6.36. The maximum atomic E-state index is 6.71. The van der Waals surface area contributed by atoms with Gasteiger partial charge in [-0.3, -0.25) is 0 Å². The average molecular weight is 555 g/mol. The second-order valence-electron chi connectivity index (χ2n) is 11.6. The van der Waals surface area contributed by atoms with Gasteiger partial charge in [0.25, 0.3) is 0 Å². The van der Waals surface area contributed by atoms with Gasteiger partial charge in [0, 0.05) is 0 Å². The van der Waals surface area contributed by atoms with Crippen LogP contribution in [0.1, 0.15) is 69.4 Å². The van der Waals surface area contributed by atoms with Crippen LogP contribution in [0.3, 0.4) is 0 Å². The van der Waals surface area contributed by atoms with E-state index in [2.05, 4.69) is 116 Å². The number of fused-ring (bicyclic) bond motifs is 4. The lowest BCUT2D eigenvalue weighted by atomic mass is 9.97. The molecule has 0 aromatic heterocycles. The number of benzene rings is 6. The maximum absolute atomic E-state index is 6.71. The Labute approximate surface area is 250 Å². The van der Waals surface area contributed by atoms with Gasteiger partial charge in [-0.05, 0) is 79.2 Å². The highest BCUT2D eigenvalue weighted by Gasteiger charge is 2.16. The highest BCUT2D eigenvalue weighted by atomic mass is 16.7. The molecule has 2 heteroatoms. The summed E-state index contributed by atoms with van der Waals surface area (Å²) in [5.74, 6) is 0. The van der Waals surface area contributed by atoms with E-state index in [9.17, 15) is 0 Å². The molecule has 0 aliphatic heterocycles. The molecule has 0 spiro atoms. The van der Waals surface area contributed by atoms with Crippen molar-refractivity contribution in [3.8, 4) is 0 Å². The van der Waals surface area contributed by atoms with Crippen LogP contribution in [0.25, 0.3) is 43.1 Å². The number of hydrogen-bond donors (Lipinski definition) is 0. The molecule has 0 saturated carbocycles. The highest BCUT2D eigenvalue weighted by molar-refractivity contribution is 6.03. The van der Waals surface area contributed by atoms with Gasteiger partial charge in [0.15, 0.2) is 6.29 Å². The van der Waals surface area contributed by atoms with Crippen LogP contribution in [-0.2, 0) is 22.7 Å². The highest BCUT2D eigenvalue weighted by Crippen LogP contribution is 2.32. The second-order valence-corrected chi connectivity index (χ2v) is 11.6. The average Bonchev–Trinajstić information content (AvgIpc) is 3.04. The monoisotopic (exact) mass is 554 g/mol. The number of unbranched alkanes of at least 4 members (excludes halogenated alkanes) is 6. The molecule has 42 heavy (non-hydrogen) atoms. The van der Waals surface area contributed by atoms with Crippen molar-refractivity contribution in [3.05, 3.63) is 120 Å². The van der Waals surface area contributed by atoms with E-state index in [1.807, 2.05) is 0 Å². The molecule has 0 N–H and O–H groups in total. The first-order chi connectivity index (χ1) is 20.8. The summed E-state index contributed by atoms with van der Waals surface area (Å²) in [7, 11) is 0. The molecule has 0 fully saturated rings. The normalized spacial score (nSPS) is 11.9. The van der Waals surface area contributed by atoms with Crippen molar-refractivity contribution in [3.63, 3.8) is 0 Å². The maximum Gasteiger partial charge on any atom is 0.158 e. The summed E-state index contributed by atoms with van der Waals surface area (Å²) in [6, 6.07) is 39.2. The lowest BCUT2D eigenvalue weighted by Gasteiger charge is -2.21. The third-order valence-corrected chi connectivity index (χ3v) is 8.64. The SMILES string of the molecule is CCCCCCCCCC(OCc1c2ccccc2cc2ccccc12)OCc1c2ccccc2cc2ccccc12. The molecular formula is C40H42O2. The minimum Gasteiger partial charge on any atom is -0.348 e. The van der Waals surface area contributed by atoms with E-state index in [-0.39, 0.29) is 6.29 Å². The predicted molar refractivity (Wildman–Crippen MR) is 179 cm³/mol. The van der Waals surface area contributed by atoms with E-state index in [0.717, 1.165) is 12.8 Å². The smallest absolute Gasteiger partial charge is 0.158 e. The molecule has 0 bridgehead atoms. The first kappa shape index (κ1) is 28.4. The zero-order valence-corrected chi connectivity index (χ0v) is 24.9. The van der Waals surface area contributed by atoms with Gasteiger partial charge in [0.1, 0.15) is 0 Å². The van der Waals surface area contributed by atoms with E-state index >= 15 is 0 Å². The molecule has 6 rings (SSSR count). The Kier molecular flexibility index (Phi) is 9.44. The number of rotatable bonds is 14. The standard InChI is InChI=1S/C40H42O2/c1-2-3-4-5-6-7-8-25-40(41-28-38-34-21-13-9-17-30(34)26-31-18-10-14-22-35(31)38)42-29-39-36-23-15-11-19-32(36)27-33-20-12-16-24-37(33)39/h9-24,26-27,40H,2-8,25,28-29H2,1H3. The predicted octanol–water partition coefficient (Wildman–Crippen LogP) is 11.5. The number of ether oxygens (including phenoxy) is 2. The fourth-order valence-electron chi connectivity index (χ4n) is 6.36. The van der Waals surface area contributed by atoms with E-state index in [1.165, 1.54) is 92.7 Å². The molecule has 2 nitrogen and oxygen atoms in total. The molecule has 6 aromatic carbocycles. The summed E-state index contributed by atoms with van der Waals surface area (Å²) in [6.45, 7) is 3.33. The molecule has 6 aromatic rings. The quantitative estimate of drug-likeness (QED) is 0.0757. The Hall–Kier alpha value is -3.72. The summed E-state index contributed by atoms with van der Waals surface area (Å²) in [6.07, 6.45) is 9.55. The molecule has 0 aliphatic carbocycles. The Morgan fingerprint density at radius 1 is 0.452 bits per heavy atom. The van der Waals surface area contributed by atoms with Gasteiger partial charge in [0.2, 0.25) is 0 Å². The van der Waals surface area contributed by atoms with Gasteiger partial charge in [-0.15, -0.1) is 0 Å². The van der Waals surface area contributed by atoms with Crippen molar-refractivity contribution in [1.82, 2.24) is 0 Å². The number of hydrogen-bond acceptors (Lipinski definition) is 2. The third kappa shape index (κ3) is 6.51. The Morgan fingerprint density at radius 3 is 1.21 bits per heavy atom. The molecule has 0 radical (unpaired) electrons. The summed E-state index contributed by atoms with van der Waals surface area (Å²) >= 11 is 0. The van der Waals surface area contributed by atoms with Gasteiger partial charge in [-0.1, -0.05) is 143 Å². The van der Waals surface area contributed by atoms with E-state index in [4.69, 9.17) is 9.47 Å². The molecule has 214 valence electrons. The third-order valence-electron chi connectivity index (χ3n) is 8.64. The Balaban J connectivity index is 1.25. The second kappa shape index (κ2) is 14.0. The van der Waals surface area contributed by atoms with Crippen LogP contribution >= 0.6 is 0 Å². The largest absolute Gasteiger partial charge is 0.348 e.